The topological polar surface area (TPSA) is 105 Å². The van der Waals surface area contributed by atoms with Gasteiger partial charge in [-0.15, -0.1) is 10.2 Å². The molecule has 0 bridgehead atoms. The Kier molecular flexibility index (Phi) is 4.68. The third-order valence-electron chi connectivity index (χ3n) is 3.23. The van der Waals surface area contributed by atoms with Crippen molar-refractivity contribution in [3.05, 3.63) is 35.7 Å². The van der Waals surface area contributed by atoms with Crippen LogP contribution in [-0.4, -0.2) is 33.6 Å². The number of nitrogens with two attached hydrogens (primary N) is 1. The molecule has 0 radical (unpaired) electrons. The van der Waals surface area contributed by atoms with E-state index in [2.05, 4.69) is 15.2 Å². The summed E-state index contributed by atoms with van der Waals surface area (Å²) in [4.78, 5) is 4.45. The van der Waals surface area contributed by atoms with Gasteiger partial charge in [-0.2, -0.15) is 0 Å². The molecule has 0 saturated heterocycles. The lowest BCUT2D eigenvalue weighted by atomic mass is 10.4. The predicted octanol–water partition coefficient (Wildman–Crippen LogP) is 2.03. The minimum absolute atomic E-state index is 0.470. The number of rotatable bonds is 7. The van der Waals surface area contributed by atoms with Gasteiger partial charge in [-0.25, -0.2) is 9.66 Å². The van der Waals surface area contributed by atoms with Crippen molar-refractivity contribution in [1.29, 1.82) is 0 Å². The first kappa shape index (κ1) is 15.6. The predicted molar refractivity (Wildman–Crippen MR) is 84.3 cm³/mol. The first-order valence-electron chi connectivity index (χ1n) is 7.00. The summed E-state index contributed by atoms with van der Waals surface area (Å²) >= 11 is 1.45. The Morgan fingerprint density at radius 1 is 1.39 bits per heavy atom. The Bertz CT molecular complexity index is 766. The summed E-state index contributed by atoms with van der Waals surface area (Å²) in [6.45, 7) is 2.42. The summed E-state index contributed by atoms with van der Waals surface area (Å²) in [6.07, 6.45) is 2.20. The molecule has 3 aromatic rings. The third-order valence-corrected chi connectivity index (χ3v) is 4.18. The molecule has 0 aliphatic rings. The van der Waals surface area contributed by atoms with Crippen molar-refractivity contribution >= 4 is 11.8 Å². The van der Waals surface area contributed by atoms with Crippen LogP contribution in [-0.2, 0) is 16.9 Å². The van der Waals surface area contributed by atoms with Gasteiger partial charge in [-0.3, -0.25) is 0 Å². The maximum Gasteiger partial charge on any atom is 0.263 e. The lowest BCUT2D eigenvalue weighted by molar-refractivity contribution is 0.200. The van der Waals surface area contributed by atoms with Crippen molar-refractivity contribution in [3.8, 4) is 11.7 Å². The van der Waals surface area contributed by atoms with Crippen LogP contribution in [0.1, 0.15) is 17.3 Å². The van der Waals surface area contributed by atoms with Gasteiger partial charge in [-0.1, -0.05) is 11.8 Å². The van der Waals surface area contributed by atoms with Crippen molar-refractivity contribution < 1.29 is 13.6 Å². The lowest BCUT2D eigenvalue weighted by Gasteiger charge is -2.02. The van der Waals surface area contributed by atoms with E-state index in [1.54, 1.807) is 25.5 Å². The maximum atomic E-state index is 5.99. The van der Waals surface area contributed by atoms with Crippen molar-refractivity contribution in [1.82, 2.24) is 19.9 Å². The Morgan fingerprint density at radius 3 is 3.00 bits per heavy atom. The molecule has 0 aliphatic carbocycles. The molecule has 3 aromatic heterocycles. The van der Waals surface area contributed by atoms with E-state index in [1.807, 2.05) is 6.92 Å². The molecule has 0 amide bonds. The second-order valence-corrected chi connectivity index (χ2v) is 5.74. The Labute approximate surface area is 137 Å². The number of thioether (sulfide) groups is 1. The molecule has 3 rings (SSSR count). The lowest BCUT2D eigenvalue weighted by Crippen LogP contribution is -2.15. The zero-order chi connectivity index (χ0) is 16.2. The quantitative estimate of drug-likeness (QED) is 0.516. The molecule has 23 heavy (non-hydrogen) atoms. The van der Waals surface area contributed by atoms with Crippen LogP contribution in [0.3, 0.4) is 0 Å². The molecule has 0 fully saturated rings. The van der Waals surface area contributed by atoms with Gasteiger partial charge in [0, 0.05) is 19.3 Å². The van der Waals surface area contributed by atoms with Gasteiger partial charge in [0.05, 0.1) is 18.6 Å². The smallest absolute Gasteiger partial charge is 0.263 e. The number of hydrogen-bond acceptors (Lipinski definition) is 8. The number of nitrogen functional groups attached to an aromatic ring is 1. The molecule has 2 N–H and O–H groups in total. The maximum absolute atomic E-state index is 5.99. The fraction of sp³-hybridized carbons (Fsp3) is 0.357. The van der Waals surface area contributed by atoms with Crippen LogP contribution < -0.4 is 5.84 Å². The normalized spacial score (nSPS) is 11.2. The minimum Gasteiger partial charge on any atom is -0.459 e. The standard InChI is InChI=1S/C14H17N5O3S/c1-9-10(16-13(22-9)11-4-3-6-21-11)8-23-14-18-17-12(19(14)15)5-7-20-2/h3-4,6H,5,7-8,15H2,1-2H3. The second kappa shape index (κ2) is 6.88. The van der Waals surface area contributed by atoms with Crippen LogP contribution in [0.4, 0.5) is 0 Å². The number of methoxy groups -OCH3 is 1. The fourth-order valence-electron chi connectivity index (χ4n) is 1.97. The molecular weight excluding hydrogens is 318 g/mol. The molecule has 122 valence electrons. The monoisotopic (exact) mass is 335 g/mol. The zero-order valence-electron chi connectivity index (χ0n) is 12.9. The van der Waals surface area contributed by atoms with E-state index in [4.69, 9.17) is 19.4 Å². The zero-order valence-corrected chi connectivity index (χ0v) is 13.7. The van der Waals surface area contributed by atoms with E-state index in [0.717, 1.165) is 11.5 Å². The number of aryl methyl sites for hydroxylation is 1. The van der Waals surface area contributed by atoms with Crippen LogP contribution in [0.5, 0.6) is 0 Å². The van der Waals surface area contributed by atoms with E-state index in [1.165, 1.54) is 16.4 Å². The van der Waals surface area contributed by atoms with Gasteiger partial charge in [-0.05, 0) is 19.1 Å². The van der Waals surface area contributed by atoms with Gasteiger partial charge in [0.25, 0.3) is 5.89 Å². The number of furan rings is 1. The van der Waals surface area contributed by atoms with Gasteiger partial charge in [0.15, 0.2) is 11.6 Å². The molecule has 9 heteroatoms. The first-order valence-corrected chi connectivity index (χ1v) is 7.99. The Balaban J connectivity index is 1.68. The highest BCUT2D eigenvalue weighted by atomic mass is 32.2. The van der Waals surface area contributed by atoms with Crippen LogP contribution in [0.15, 0.2) is 32.4 Å². The molecule has 0 unspecified atom stereocenters. The minimum atomic E-state index is 0.470. The van der Waals surface area contributed by atoms with E-state index in [9.17, 15) is 0 Å². The Morgan fingerprint density at radius 2 is 2.26 bits per heavy atom. The van der Waals surface area contributed by atoms with Crippen molar-refractivity contribution in [3.63, 3.8) is 0 Å². The highest BCUT2D eigenvalue weighted by Gasteiger charge is 2.16. The molecule has 0 saturated carbocycles. The van der Waals surface area contributed by atoms with Crippen LogP contribution >= 0.6 is 11.8 Å². The first-order chi connectivity index (χ1) is 11.2. The number of nitrogens with zero attached hydrogens (tertiary/aromatic N) is 4. The summed E-state index contributed by atoms with van der Waals surface area (Å²) in [5, 5.41) is 8.77. The summed E-state index contributed by atoms with van der Waals surface area (Å²) in [5.41, 5.74) is 0.822. The molecule has 0 spiro atoms. The van der Waals surface area contributed by atoms with Crippen LogP contribution in [0.2, 0.25) is 0 Å². The third kappa shape index (κ3) is 3.40. The number of oxazole rings is 1. The van der Waals surface area contributed by atoms with Crippen LogP contribution in [0.25, 0.3) is 11.7 Å². The van der Waals surface area contributed by atoms with Gasteiger partial charge in [0.1, 0.15) is 5.76 Å². The second-order valence-electron chi connectivity index (χ2n) is 4.80. The fourth-order valence-corrected chi connectivity index (χ4v) is 2.85. The van der Waals surface area contributed by atoms with Crippen molar-refractivity contribution in [2.45, 2.75) is 24.3 Å². The SMILES string of the molecule is COCCc1nnc(SCc2nc(-c3ccco3)oc2C)n1N. The van der Waals surface area contributed by atoms with Gasteiger partial charge in [0.2, 0.25) is 5.16 Å². The molecule has 3 heterocycles. The van der Waals surface area contributed by atoms with Gasteiger partial charge >= 0.3 is 0 Å². The average Bonchev–Trinajstić information content (AvgIpc) is 3.25. The van der Waals surface area contributed by atoms with Gasteiger partial charge < -0.3 is 19.4 Å². The van der Waals surface area contributed by atoms with E-state index in [0.29, 0.717) is 41.4 Å². The molecule has 0 aromatic carbocycles. The number of ether oxygens (including phenoxy) is 1. The summed E-state index contributed by atoms with van der Waals surface area (Å²) in [6, 6.07) is 3.60. The highest BCUT2D eigenvalue weighted by molar-refractivity contribution is 7.98. The Hall–Kier alpha value is -2.26. The largest absolute Gasteiger partial charge is 0.459 e. The summed E-state index contributed by atoms with van der Waals surface area (Å²) in [7, 11) is 1.64. The molecule has 0 atom stereocenters. The number of hydrogen-bond donors (Lipinski definition) is 1. The van der Waals surface area contributed by atoms with Crippen LogP contribution in [0, 0.1) is 6.92 Å². The molecule has 8 nitrogen and oxygen atoms in total. The molecular formula is C14H17N5O3S. The van der Waals surface area contributed by atoms with Crippen molar-refractivity contribution in [2.75, 3.05) is 19.6 Å². The highest BCUT2D eigenvalue weighted by Crippen LogP contribution is 2.26. The van der Waals surface area contributed by atoms with E-state index >= 15 is 0 Å². The van der Waals surface area contributed by atoms with E-state index in [-0.39, 0.29) is 0 Å². The summed E-state index contributed by atoms with van der Waals surface area (Å²) in [5.74, 6) is 9.06. The van der Waals surface area contributed by atoms with E-state index < -0.39 is 0 Å². The summed E-state index contributed by atoms with van der Waals surface area (Å²) < 4.78 is 17.4. The van der Waals surface area contributed by atoms with Crippen molar-refractivity contribution in [2.24, 2.45) is 0 Å². The molecule has 0 aliphatic heterocycles. The number of aromatic nitrogens is 4. The average molecular weight is 335 g/mol.